The maximum atomic E-state index is 14.8. The van der Waals surface area contributed by atoms with Gasteiger partial charge < -0.3 is 154 Å². The van der Waals surface area contributed by atoms with E-state index in [-0.39, 0.29) is 114 Å². The van der Waals surface area contributed by atoms with E-state index in [4.69, 9.17) is 27.7 Å². The number of hydrogen-bond donors (Lipinski definition) is 30. The highest BCUT2D eigenvalue weighted by Gasteiger charge is 2.40. The molecule has 0 aliphatic rings. The summed E-state index contributed by atoms with van der Waals surface area (Å²) >= 11 is 2.73. The average molecular weight is 2140 g/mol. The van der Waals surface area contributed by atoms with E-state index < -0.39 is 297 Å². The van der Waals surface area contributed by atoms with Crippen molar-refractivity contribution in [1.82, 2.24) is 111 Å². The lowest BCUT2D eigenvalue weighted by molar-refractivity contribution is -0.142. The molecule has 33 N–H and O–H groups in total. The minimum Gasteiger partial charge on any atom is -0.508 e. The second kappa shape index (κ2) is 68.5. The van der Waals surface area contributed by atoms with Gasteiger partial charge in [-0.3, -0.25) is 106 Å². The maximum absolute atomic E-state index is 14.8. The smallest absolute Gasteiger partial charge is 0.326 e. The van der Waals surface area contributed by atoms with Crippen LogP contribution in [0.5, 0.6) is 5.75 Å². The molecule has 1 heterocycles. The third-order valence-corrected chi connectivity index (χ3v) is 24.7. The number of aliphatic hydroxyl groups excluding tert-OH is 1. The SMILES string of the molecule is CC[C@H](C)[C@H](NC(=O)[C@H](CC(=O)O)NC(=O)[C@H](CC(C)C)NC(=O)[C@@H](N)CCC(=O)O)C(=O)N[C@@H](CC(C)C)C(=O)N[C@H](C(=O)N[C@H](C(=O)NCC(=O)NCC(=O)N[C@@H](Cc1ccc(O)cc1)C(=O)N[C@@H](Cc1c[nH]c2ccccc12)C(=O)NCC(=O)N[C@@H](CCCCN)C(=O)NCC(=O)N[C@@H](CO)C(=O)N[C@@H](CCCNC(=N)N)C(=O)NCC(=O)NCC(=O)N[C@@H](CCSC)C(=O)N[C@@H](CCSC)C(=O)O)C(C)C)[C@@H](C)CC. The molecule has 0 saturated heterocycles. The van der Waals surface area contributed by atoms with Crippen LogP contribution in [0.4, 0.5) is 0 Å². The molecular formula is C95H151N25O27S2. The van der Waals surface area contributed by atoms with Crippen molar-refractivity contribution in [3.8, 4) is 5.75 Å². The number of amides is 19. The molecule has 0 aliphatic carbocycles. The monoisotopic (exact) mass is 2140 g/mol. The van der Waals surface area contributed by atoms with Gasteiger partial charge in [-0.2, -0.15) is 23.5 Å². The Morgan fingerprint density at radius 3 is 1.28 bits per heavy atom. The summed E-state index contributed by atoms with van der Waals surface area (Å²) in [5.74, 6) is -24.3. The van der Waals surface area contributed by atoms with E-state index in [1.807, 2.05) is 0 Å². The fourth-order valence-electron chi connectivity index (χ4n) is 14.7. The Morgan fingerprint density at radius 1 is 0.396 bits per heavy atom. The third-order valence-electron chi connectivity index (χ3n) is 23.4. The Hall–Kier alpha value is -14.0. The molecule has 1 aromatic heterocycles. The van der Waals surface area contributed by atoms with Gasteiger partial charge in [0.25, 0.3) is 0 Å². The van der Waals surface area contributed by atoms with Crippen LogP contribution in [-0.2, 0) is 118 Å². The number of carboxylic acids is 3. The van der Waals surface area contributed by atoms with Gasteiger partial charge in [0.05, 0.1) is 58.3 Å². The van der Waals surface area contributed by atoms with E-state index in [0.29, 0.717) is 40.0 Å². The zero-order valence-electron chi connectivity index (χ0n) is 86.0. The van der Waals surface area contributed by atoms with Crippen LogP contribution in [-0.4, -0.2) is 334 Å². The number of para-hydroxylation sites is 1. The van der Waals surface area contributed by atoms with Gasteiger partial charge in [0, 0.05) is 42.9 Å². The van der Waals surface area contributed by atoms with Crippen molar-refractivity contribution < 1.29 is 131 Å². The molecule has 0 radical (unpaired) electrons. The van der Waals surface area contributed by atoms with Gasteiger partial charge in [0.15, 0.2) is 5.96 Å². The van der Waals surface area contributed by atoms with Crippen LogP contribution in [0, 0.1) is 35.0 Å². The number of nitrogens with one attached hydrogen (secondary N) is 22. The van der Waals surface area contributed by atoms with E-state index in [9.17, 15) is 126 Å². The molecule has 0 spiro atoms. The summed E-state index contributed by atoms with van der Waals surface area (Å²) in [5.41, 5.74) is 18.6. The molecule has 19 amide bonds. The lowest BCUT2D eigenvalue weighted by Gasteiger charge is -2.31. The maximum Gasteiger partial charge on any atom is 0.326 e. The molecule has 54 heteroatoms. The Balaban J connectivity index is 1.79. The molecule has 0 unspecified atom stereocenters. The molecule has 3 rings (SSSR count). The lowest BCUT2D eigenvalue weighted by atomic mass is 9.94. The number of phenolic OH excluding ortho intramolecular Hbond substituents is 1. The van der Waals surface area contributed by atoms with Crippen LogP contribution in [0.3, 0.4) is 0 Å². The van der Waals surface area contributed by atoms with Crippen LogP contribution in [0.1, 0.15) is 170 Å². The van der Waals surface area contributed by atoms with Gasteiger partial charge in [0.2, 0.25) is 112 Å². The molecule has 149 heavy (non-hydrogen) atoms. The molecule has 0 aliphatic heterocycles. The highest BCUT2D eigenvalue weighted by Crippen LogP contribution is 2.22. The number of aromatic hydroxyl groups is 1. The number of rotatable bonds is 72. The first-order valence-electron chi connectivity index (χ1n) is 49.1. The highest BCUT2D eigenvalue weighted by atomic mass is 32.2. The fourth-order valence-corrected chi connectivity index (χ4v) is 15.6. The van der Waals surface area contributed by atoms with E-state index in [0.717, 1.165) is 0 Å². The quantitative estimate of drug-likeness (QED) is 0.0142. The number of unbranched alkanes of at least 4 members (excludes halogenated alkanes) is 1. The first kappa shape index (κ1) is 129. The first-order chi connectivity index (χ1) is 70.4. The summed E-state index contributed by atoms with van der Waals surface area (Å²) in [7, 11) is 0. The molecule has 3 aromatic rings. The first-order valence-corrected chi connectivity index (χ1v) is 51.9. The summed E-state index contributed by atoms with van der Waals surface area (Å²) in [6.45, 7) is 11.0. The van der Waals surface area contributed by atoms with Crippen molar-refractivity contribution in [1.29, 1.82) is 5.41 Å². The van der Waals surface area contributed by atoms with Crippen molar-refractivity contribution in [2.45, 2.75) is 257 Å². The number of aliphatic hydroxyl groups is 1. The van der Waals surface area contributed by atoms with Crippen molar-refractivity contribution >= 4 is 171 Å². The predicted molar refractivity (Wildman–Crippen MR) is 550 cm³/mol. The number of carbonyl (C=O) groups excluding carboxylic acids is 19. The summed E-state index contributed by atoms with van der Waals surface area (Å²) in [5, 5.41) is 107. The highest BCUT2D eigenvalue weighted by molar-refractivity contribution is 7.98. The summed E-state index contributed by atoms with van der Waals surface area (Å²) in [6.07, 6.45) is 3.85. The van der Waals surface area contributed by atoms with Crippen LogP contribution < -0.4 is 124 Å². The number of hydrogen-bond acceptors (Lipinski definition) is 29. The molecule has 0 fully saturated rings. The molecular weight excluding hydrogens is 1990 g/mol. The Bertz CT molecular complexity index is 5010. The van der Waals surface area contributed by atoms with Crippen molar-refractivity contribution in [2.24, 2.45) is 46.8 Å². The number of thioether (sulfide) groups is 2. The van der Waals surface area contributed by atoms with Gasteiger partial charge in [-0.25, -0.2) is 4.79 Å². The zero-order valence-corrected chi connectivity index (χ0v) is 87.7. The van der Waals surface area contributed by atoms with Crippen molar-refractivity contribution in [2.75, 3.05) is 83.0 Å². The molecule has 16 atom stereocenters. The number of carboxylic acid groups (broad SMARTS) is 3. The topological polar surface area (TPSA) is 835 Å². The summed E-state index contributed by atoms with van der Waals surface area (Å²) in [4.78, 5) is 301. The predicted octanol–water partition coefficient (Wildman–Crippen LogP) is -5.86. The van der Waals surface area contributed by atoms with Gasteiger partial charge >= 0.3 is 17.9 Å². The van der Waals surface area contributed by atoms with E-state index in [2.05, 4.69) is 111 Å². The average Bonchev–Trinajstić information content (AvgIpc) is 1.65. The van der Waals surface area contributed by atoms with Gasteiger partial charge in [-0.1, -0.05) is 112 Å². The van der Waals surface area contributed by atoms with Gasteiger partial charge in [-0.15, -0.1) is 0 Å². The summed E-state index contributed by atoms with van der Waals surface area (Å²) in [6, 6.07) is -7.96. The van der Waals surface area contributed by atoms with E-state index >= 15 is 0 Å². The number of benzene rings is 2. The van der Waals surface area contributed by atoms with Crippen LogP contribution >= 0.6 is 23.5 Å². The fraction of sp³-hybridized carbons (Fsp3) is 0.611. The molecule has 0 bridgehead atoms. The summed E-state index contributed by atoms with van der Waals surface area (Å²) < 4.78 is 0. The molecule has 2 aromatic carbocycles. The van der Waals surface area contributed by atoms with Crippen molar-refractivity contribution in [3.05, 3.63) is 65.9 Å². The van der Waals surface area contributed by atoms with E-state index in [1.54, 1.807) is 112 Å². The number of nitrogens with two attached hydrogens (primary N) is 3. The number of aliphatic carboxylic acids is 3. The zero-order chi connectivity index (χ0) is 112. The number of aromatic nitrogens is 1. The Labute approximate surface area is 871 Å². The molecule has 830 valence electrons. The number of fused-ring (bicyclic) bond motifs is 1. The lowest BCUT2D eigenvalue weighted by Crippen LogP contribution is -2.62. The molecule has 52 nitrogen and oxygen atoms in total. The van der Waals surface area contributed by atoms with Crippen LogP contribution in [0.15, 0.2) is 54.7 Å². The Kier molecular flexibility index (Phi) is 59.4. The minimum absolute atomic E-state index is 0.0155. The van der Waals surface area contributed by atoms with Crippen molar-refractivity contribution in [3.63, 3.8) is 0 Å². The number of phenols is 1. The second-order valence-electron chi connectivity index (χ2n) is 36.9. The number of H-pyrrole nitrogens is 1. The second-order valence-corrected chi connectivity index (χ2v) is 38.9. The minimum atomic E-state index is -1.83. The van der Waals surface area contributed by atoms with Crippen LogP contribution in [0.25, 0.3) is 10.9 Å². The standard InChI is InChI=1S/C95H151N25O27S2/c1-13-52(9)79(119-89(141)68(40-77(131)132)116-86(138)64(36-49(3)4)114-81(133)58(97)28-29-76(129)130)92(144)117-65(37-50(5)6)88(140)120-80(53(10)14-2)93(145)118-78(51(7)8)91(143)107-43-71(124)103-45-73(126)110-66(38-54-24-26-56(122)27-25-54)87(139)115-67(39-55-41-101-59-21-16-15-20-57(55)59)84(136)106-46-74(127)108-60(22-17-18-32-96)82(134)105-47-75(128)111-69(48-121)90(142)112-61(23-19-33-100-95(98)99)83(135)104-42-70(123)102-44-72(125)109-62(30-34-148-11)85(137)113-63(94(146)147)31-35-149-12/h15-16,20-21,24-27,41,49-53,58,60-69,78-80,101,121-122H,13-14,17-19,22-23,28-40,42-48,96-97H2,1-12H3,(H,102,123)(H,103,124)(H,104,135)(H,105,134)(H,106,136)(H,107,143)(H,108,127)(H,109,125)(H,110,126)(H,111,128)(H,112,142)(H,113,137)(H,114,133)(H,115,139)(H,116,138)(H,117,144)(H,118,145)(H,119,141)(H,120,140)(H,129,130)(H,131,132)(H,146,147)(H4,98,99,100)/t52-,53-,58-,60-,61-,62-,63-,64-,65-,66-,67-,68-,69-,78-,79-,80-/m0/s1. The van der Waals surface area contributed by atoms with Gasteiger partial charge in [0.1, 0.15) is 84.3 Å². The normalized spacial score (nSPS) is 14.3. The van der Waals surface area contributed by atoms with E-state index in [1.165, 1.54) is 47.8 Å². The number of guanidine groups is 1. The third kappa shape index (κ3) is 49.6. The largest absolute Gasteiger partial charge is 0.508 e. The number of aromatic amines is 1. The van der Waals surface area contributed by atoms with Gasteiger partial charge in [-0.05, 0) is 154 Å². The molecule has 0 saturated carbocycles. The number of carbonyl (C=O) groups is 22. The Morgan fingerprint density at radius 2 is 0.792 bits per heavy atom. The van der Waals surface area contributed by atoms with Crippen LogP contribution in [0.2, 0.25) is 0 Å².